The van der Waals surface area contributed by atoms with Crippen LogP contribution in [0, 0.1) is 22.7 Å². The average Bonchev–Trinajstić information content (AvgIpc) is 2.27. The number of nitriles is 1. The van der Waals surface area contributed by atoms with Crippen LogP contribution >= 0.6 is 0 Å². The van der Waals surface area contributed by atoms with Crippen LogP contribution in [0.25, 0.3) is 0 Å². The number of nitrogens with zero attached hydrogens (tertiary/aromatic N) is 1. The van der Waals surface area contributed by atoms with Gasteiger partial charge < -0.3 is 0 Å². The normalized spacial score (nSPS) is 19.2. The third-order valence-corrected chi connectivity index (χ3v) is 4.31. The van der Waals surface area contributed by atoms with E-state index in [0.717, 1.165) is 12.3 Å². The maximum atomic E-state index is 8.94. The molecular formula is C13H23N. The van der Waals surface area contributed by atoms with Crippen LogP contribution in [0.4, 0.5) is 0 Å². The zero-order valence-corrected chi connectivity index (χ0v) is 9.68. The summed E-state index contributed by atoms with van der Waals surface area (Å²) in [5.41, 5.74) is 0.342. The molecule has 1 saturated carbocycles. The summed E-state index contributed by atoms with van der Waals surface area (Å²) in [4.78, 5) is 0. The first-order chi connectivity index (χ1) is 6.79. The van der Waals surface area contributed by atoms with Crippen LogP contribution in [0.5, 0.6) is 0 Å². The van der Waals surface area contributed by atoms with E-state index in [1.807, 2.05) is 0 Å². The third kappa shape index (κ3) is 2.29. The molecule has 1 rings (SSSR count). The zero-order valence-electron chi connectivity index (χ0n) is 9.68. The van der Waals surface area contributed by atoms with Gasteiger partial charge in [-0.1, -0.05) is 33.1 Å². The maximum Gasteiger partial charge on any atom is 0.0627 e. The fourth-order valence-electron chi connectivity index (χ4n) is 3.09. The Morgan fingerprint density at radius 2 is 1.71 bits per heavy atom. The van der Waals surface area contributed by atoms with Gasteiger partial charge in [0.05, 0.1) is 6.07 Å². The summed E-state index contributed by atoms with van der Waals surface area (Å²) >= 11 is 0. The molecular weight excluding hydrogens is 170 g/mol. The smallest absolute Gasteiger partial charge is 0.0627 e. The second-order valence-electron chi connectivity index (χ2n) is 4.74. The standard InChI is InChI=1S/C13H23N/c1-3-13(4-2,10-11-14)12-8-6-5-7-9-12/h12H,3-10H2,1-2H3. The van der Waals surface area contributed by atoms with E-state index in [0.29, 0.717) is 5.41 Å². The minimum absolute atomic E-state index is 0.342. The molecule has 0 heterocycles. The van der Waals surface area contributed by atoms with Crippen molar-refractivity contribution in [2.24, 2.45) is 11.3 Å². The van der Waals surface area contributed by atoms with Crippen molar-refractivity contribution in [2.75, 3.05) is 0 Å². The van der Waals surface area contributed by atoms with E-state index < -0.39 is 0 Å². The molecule has 0 atom stereocenters. The fourth-order valence-corrected chi connectivity index (χ4v) is 3.09. The third-order valence-electron chi connectivity index (χ3n) is 4.31. The lowest BCUT2D eigenvalue weighted by atomic mass is 9.64. The summed E-state index contributed by atoms with van der Waals surface area (Å²) in [7, 11) is 0. The first-order valence-corrected chi connectivity index (χ1v) is 6.16. The summed E-state index contributed by atoms with van der Waals surface area (Å²) in [6.07, 6.45) is 10.0. The summed E-state index contributed by atoms with van der Waals surface area (Å²) in [6.45, 7) is 4.52. The van der Waals surface area contributed by atoms with Gasteiger partial charge in [-0.3, -0.25) is 0 Å². The van der Waals surface area contributed by atoms with Crippen molar-refractivity contribution < 1.29 is 0 Å². The van der Waals surface area contributed by atoms with Crippen molar-refractivity contribution in [3.05, 3.63) is 0 Å². The lowest BCUT2D eigenvalue weighted by Crippen LogP contribution is -2.30. The van der Waals surface area contributed by atoms with Crippen molar-refractivity contribution in [1.82, 2.24) is 0 Å². The molecule has 1 nitrogen and oxygen atoms in total. The molecule has 0 radical (unpaired) electrons. The highest BCUT2D eigenvalue weighted by Gasteiger charge is 2.35. The molecule has 0 amide bonds. The summed E-state index contributed by atoms with van der Waals surface area (Å²) in [5, 5.41) is 8.94. The molecule has 0 aromatic carbocycles. The second-order valence-corrected chi connectivity index (χ2v) is 4.74. The van der Waals surface area contributed by atoms with Crippen molar-refractivity contribution in [2.45, 2.75) is 65.2 Å². The molecule has 0 bridgehead atoms. The van der Waals surface area contributed by atoms with Crippen molar-refractivity contribution in [3.8, 4) is 6.07 Å². The van der Waals surface area contributed by atoms with Crippen LogP contribution in [0.1, 0.15) is 65.2 Å². The highest BCUT2D eigenvalue weighted by atomic mass is 14.4. The molecule has 0 aliphatic heterocycles. The Morgan fingerprint density at radius 3 is 2.14 bits per heavy atom. The molecule has 14 heavy (non-hydrogen) atoms. The van der Waals surface area contributed by atoms with Gasteiger partial charge in [-0.05, 0) is 37.0 Å². The molecule has 1 aliphatic carbocycles. The zero-order chi connectivity index (χ0) is 10.4. The van der Waals surface area contributed by atoms with E-state index >= 15 is 0 Å². The summed E-state index contributed by atoms with van der Waals surface area (Å²) in [6, 6.07) is 2.41. The Balaban J connectivity index is 2.68. The molecule has 1 heteroatoms. The van der Waals surface area contributed by atoms with Crippen molar-refractivity contribution >= 4 is 0 Å². The largest absolute Gasteiger partial charge is 0.198 e. The highest BCUT2D eigenvalue weighted by molar-refractivity contribution is 4.92. The molecule has 0 aromatic heterocycles. The molecule has 0 N–H and O–H groups in total. The van der Waals surface area contributed by atoms with Gasteiger partial charge in [0.1, 0.15) is 0 Å². The Morgan fingerprint density at radius 1 is 1.14 bits per heavy atom. The molecule has 1 aliphatic rings. The summed E-state index contributed by atoms with van der Waals surface area (Å²) < 4.78 is 0. The van der Waals surface area contributed by atoms with Crippen LogP contribution < -0.4 is 0 Å². The van der Waals surface area contributed by atoms with Crippen molar-refractivity contribution in [1.29, 1.82) is 5.26 Å². The maximum absolute atomic E-state index is 8.94. The molecule has 0 spiro atoms. The van der Waals surface area contributed by atoms with E-state index in [2.05, 4.69) is 19.9 Å². The minimum Gasteiger partial charge on any atom is -0.198 e. The highest BCUT2D eigenvalue weighted by Crippen LogP contribution is 2.45. The molecule has 0 aromatic rings. The monoisotopic (exact) mass is 193 g/mol. The lowest BCUT2D eigenvalue weighted by Gasteiger charge is -2.40. The first kappa shape index (κ1) is 11.6. The molecule has 0 saturated heterocycles. The van der Waals surface area contributed by atoms with E-state index in [-0.39, 0.29) is 0 Å². The quantitative estimate of drug-likeness (QED) is 0.653. The van der Waals surface area contributed by atoms with E-state index in [1.165, 1.54) is 44.9 Å². The van der Waals surface area contributed by atoms with Gasteiger partial charge in [0, 0.05) is 6.42 Å². The summed E-state index contributed by atoms with van der Waals surface area (Å²) in [5.74, 6) is 0.825. The van der Waals surface area contributed by atoms with E-state index in [9.17, 15) is 0 Å². The van der Waals surface area contributed by atoms with Gasteiger partial charge in [-0.15, -0.1) is 0 Å². The average molecular weight is 193 g/mol. The lowest BCUT2D eigenvalue weighted by molar-refractivity contribution is 0.108. The Kier molecular flexibility index (Phi) is 4.45. The first-order valence-electron chi connectivity index (χ1n) is 6.16. The van der Waals surface area contributed by atoms with E-state index in [4.69, 9.17) is 5.26 Å². The number of hydrogen-bond acceptors (Lipinski definition) is 1. The van der Waals surface area contributed by atoms with Crippen LogP contribution in [0.2, 0.25) is 0 Å². The molecule has 0 unspecified atom stereocenters. The van der Waals surface area contributed by atoms with Gasteiger partial charge >= 0.3 is 0 Å². The van der Waals surface area contributed by atoms with Crippen LogP contribution in [0.15, 0.2) is 0 Å². The number of hydrogen-bond donors (Lipinski definition) is 0. The molecule has 1 fully saturated rings. The van der Waals surface area contributed by atoms with Crippen LogP contribution in [0.3, 0.4) is 0 Å². The fraction of sp³-hybridized carbons (Fsp3) is 0.923. The van der Waals surface area contributed by atoms with Gasteiger partial charge in [0.25, 0.3) is 0 Å². The van der Waals surface area contributed by atoms with E-state index in [1.54, 1.807) is 0 Å². The predicted octanol–water partition coefficient (Wildman–Crippen LogP) is 4.29. The minimum atomic E-state index is 0.342. The molecule has 80 valence electrons. The Hall–Kier alpha value is -0.510. The predicted molar refractivity (Wildman–Crippen MR) is 59.8 cm³/mol. The Labute approximate surface area is 88.5 Å². The number of rotatable bonds is 4. The van der Waals surface area contributed by atoms with Gasteiger partial charge in [-0.2, -0.15) is 5.26 Å². The second kappa shape index (κ2) is 5.39. The Bertz CT molecular complexity index is 192. The van der Waals surface area contributed by atoms with Gasteiger partial charge in [0.15, 0.2) is 0 Å². The SMILES string of the molecule is CCC(CC)(CC#N)C1CCCCC1. The van der Waals surface area contributed by atoms with Crippen LogP contribution in [-0.2, 0) is 0 Å². The van der Waals surface area contributed by atoms with Crippen molar-refractivity contribution in [3.63, 3.8) is 0 Å². The van der Waals surface area contributed by atoms with Crippen LogP contribution in [-0.4, -0.2) is 0 Å². The topological polar surface area (TPSA) is 23.8 Å². The van der Waals surface area contributed by atoms with Gasteiger partial charge in [0.2, 0.25) is 0 Å². The van der Waals surface area contributed by atoms with Gasteiger partial charge in [-0.25, -0.2) is 0 Å².